The second-order valence-electron chi connectivity index (χ2n) is 6.97. The van der Waals surface area contributed by atoms with Gasteiger partial charge in [0.15, 0.2) is 5.96 Å². The summed E-state index contributed by atoms with van der Waals surface area (Å²) in [7, 11) is 1.68. The van der Waals surface area contributed by atoms with E-state index in [-0.39, 0.29) is 6.10 Å². The first-order valence-electron chi connectivity index (χ1n) is 10.2. The van der Waals surface area contributed by atoms with E-state index in [9.17, 15) is 0 Å². The van der Waals surface area contributed by atoms with Crippen molar-refractivity contribution in [3.63, 3.8) is 0 Å². The van der Waals surface area contributed by atoms with Crippen LogP contribution in [0.4, 0.5) is 0 Å². The fourth-order valence-electron chi connectivity index (χ4n) is 3.26. The van der Waals surface area contributed by atoms with Gasteiger partial charge in [-0.25, -0.2) is 4.99 Å². The van der Waals surface area contributed by atoms with Gasteiger partial charge in [-0.1, -0.05) is 0 Å². The number of hydrogen-bond acceptors (Lipinski definition) is 5. The lowest BCUT2D eigenvalue weighted by atomic mass is 10.1. The van der Waals surface area contributed by atoms with Crippen LogP contribution < -0.4 is 20.1 Å². The van der Waals surface area contributed by atoms with Gasteiger partial charge in [0.2, 0.25) is 0 Å². The molecule has 2 N–H and O–H groups in total. The third-order valence-electron chi connectivity index (χ3n) is 4.63. The van der Waals surface area contributed by atoms with Crippen LogP contribution in [-0.4, -0.2) is 45.5 Å². The minimum Gasteiger partial charge on any atom is -0.494 e. The maximum absolute atomic E-state index is 5.91. The number of nitrogens with one attached hydrogen (secondary N) is 2. The smallest absolute Gasteiger partial charge is 0.191 e. The molecular formula is C22H31N3O4. The SMILES string of the molecule is CCOc1cc2c(cc1CN=C(NCCOC)NCCc1ccco1)OC(C)C2. The Morgan fingerprint density at radius 2 is 2.14 bits per heavy atom. The summed E-state index contributed by atoms with van der Waals surface area (Å²) in [5.41, 5.74) is 2.21. The summed E-state index contributed by atoms with van der Waals surface area (Å²) >= 11 is 0. The molecule has 3 rings (SSSR count). The molecule has 0 spiro atoms. The molecule has 7 heteroatoms. The molecule has 7 nitrogen and oxygen atoms in total. The summed E-state index contributed by atoms with van der Waals surface area (Å²) in [6.07, 6.45) is 3.59. The van der Waals surface area contributed by atoms with E-state index in [1.54, 1.807) is 13.4 Å². The van der Waals surface area contributed by atoms with Crippen LogP contribution in [0.25, 0.3) is 0 Å². The van der Waals surface area contributed by atoms with Crippen molar-refractivity contribution in [3.05, 3.63) is 47.4 Å². The van der Waals surface area contributed by atoms with E-state index in [0.29, 0.717) is 26.3 Å². The summed E-state index contributed by atoms with van der Waals surface area (Å²) in [5, 5.41) is 6.64. The molecule has 1 atom stereocenters. The monoisotopic (exact) mass is 401 g/mol. The largest absolute Gasteiger partial charge is 0.494 e. The quantitative estimate of drug-likeness (QED) is 0.362. The van der Waals surface area contributed by atoms with Crippen molar-refractivity contribution in [2.24, 2.45) is 4.99 Å². The van der Waals surface area contributed by atoms with Gasteiger partial charge in [0, 0.05) is 44.2 Å². The normalized spacial score (nSPS) is 15.7. The third-order valence-corrected chi connectivity index (χ3v) is 4.63. The Balaban J connectivity index is 1.68. The van der Waals surface area contributed by atoms with Gasteiger partial charge >= 0.3 is 0 Å². The van der Waals surface area contributed by atoms with Crippen LogP contribution in [0.1, 0.15) is 30.7 Å². The number of benzene rings is 1. The number of guanidine groups is 1. The Hall–Kier alpha value is -2.67. The highest BCUT2D eigenvalue weighted by Crippen LogP contribution is 2.35. The Labute approximate surface area is 172 Å². The highest BCUT2D eigenvalue weighted by atomic mass is 16.5. The number of hydrogen-bond donors (Lipinski definition) is 2. The van der Waals surface area contributed by atoms with Crippen molar-refractivity contribution in [1.82, 2.24) is 10.6 Å². The molecule has 29 heavy (non-hydrogen) atoms. The van der Waals surface area contributed by atoms with Gasteiger partial charge in [-0.3, -0.25) is 0 Å². The van der Waals surface area contributed by atoms with E-state index < -0.39 is 0 Å². The van der Waals surface area contributed by atoms with Crippen LogP contribution in [0.5, 0.6) is 11.5 Å². The predicted molar refractivity (Wildman–Crippen MR) is 113 cm³/mol. The van der Waals surface area contributed by atoms with Gasteiger partial charge in [-0.2, -0.15) is 0 Å². The van der Waals surface area contributed by atoms with Crippen molar-refractivity contribution in [1.29, 1.82) is 0 Å². The summed E-state index contributed by atoms with van der Waals surface area (Å²) < 4.78 is 22.3. The maximum atomic E-state index is 5.91. The first-order valence-corrected chi connectivity index (χ1v) is 10.2. The number of ether oxygens (including phenoxy) is 3. The summed E-state index contributed by atoms with van der Waals surface area (Å²) in [5.74, 6) is 3.48. The highest BCUT2D eigenvalue weighted by molar-refractivity contribution is 5.79. The topological polar surface area (TPSA) is 77.2 Å². The predicted octanol–water partition coefficient (Wildman–Crippen LogP) is 2.93. The zero-order valence-electron chi connectivity index (χ0n) is 17.5. The van der Waals surface area contributed by atoms with Crippen LogP contribution in [0.3, 0.4) is 0 Å². The van der Waals surface area contributed by atoms with Crippen molar-refractivity contribution in [2.45, 2.75) is 39.3 Å². The summed E-state index contributed by atoms with van der Waals surface area (Å²) in [6, 6.07) is 8.02. The molecule has 0 saturated heterocycles. The van der Waals surface area contributed by atoms with Gasteiger partial charge in [0.05, 0.1) is 26.0 Å². The number of furan rings is 1. The molecule has 0 amide bonds. The molecular weight excluding hydrogens is 370 g/mol. The van der Waals surface area contributed by atoms with Gasteiger partial charge < -0.3 is 29.3 Å². The van der Waals surface area contributed by atoms with Gasteiger partial charge in [0.1, 0.15) is 23.4 Å². The molecule has 1 unspecified atom stereocenters. The second-order valence-corrected chi connectivity index (χ2v) is 6.97. The average Bonchev–Trinajstić information content (AvgIpc) is 3.34. The van der Waals surface area contributed by atoms with E-state index >= 15 is 0 Å². The number of rotatable bonds is 10. The molecule has 0 fully saturated rings. The Morgan fingerprint density at radius 3 is 2.90 bits per heavy atom. The molecule has 0 aliphatic carbocycles. The van der Waals surface area contributed by atoms with Crippen molar-refractivity contribution >= 4 is 5.96 Å². The van der Waals surface area contributed by atoms with Crippen molar-refractivity contribution in [2.75, 3.05) is 33.4 Å². The molecule has 1 aliphatic rings. The molecule has 1 aromatic heterocycles. The van der Waals surface area contributed by atoms with E-state index in [2.05, 4.69) is 29.7 Å². The number of nitrogens with zero attached hydrogens (tertiary/aromatic N) is 1. The minimum atomic E-state index is 0.202. The van der Waals surface area contributed by atoms with Crippen LogP contribution in [0.15, 0.2) is 39.9 Å². The van der Waals surface area contributed by atoms with Crippen LogP contribution in [0.2, 0.25) is 0 Å². The highest BCUT2D eigenvalue weighted by Gasteiger charge is 2.21. The summed E-state index contributed by atoms with van der Waals surface area (Å²) in [4.78, 5) is 4.74. The third kappa shape index (κ3) is 6.15. The first-order chi connectivity index (χ1) is 14.2. The lowest BCUT2D eigenvalue weighted by Crippen LogP contribution is -2.40. The Bertz CT molecular complexity index is 790. The standard InChI is InChI=1S/C22H31N3O4/c1-4-27-20-13-17-12-16(2)29-21(17)14-18(20)15-25-22(24-9-11-26-3)23-8-7-19-6-5-10-28-19/h5-6,10,13-14,16H,4,7-9,11-12,15H2,1-3H3,(H2,23,24,25). The van der Waals surface area contributed by atoms with Gasteiger partial charge in [0.25, 0.3) is 0 Å². The summed E-state index contributed by atoms with van der Waals surface area (Å²) in [6.45, 7) is 7.18. The van der Waals surface area contributed by atoms with E-state index in [1.807, 2.05) is 19.1 Å². The zero-order valence-corrected chi connectivity index (χ0v) is 17.5. The fourth-order valence-corrected chi connectivity index (χ4v) is 3.26. The number of fused-ring (bicyclic) bond motifs is 1. The Morgan fingerprint density at radius 1 is 1.28 bits per heavy atom. The van der Waals surface area contributed by atoms with Gasteiger partial charge in [-0.15, -0.1) is 0 Å². The molecule has 158 valence electrons. The molecule has 2 heterocycles. The fraction of sp³-hybridized carbons (Fsp3) is 0.500. The Kier molecular flexibility index (Phi) is 7.81. The molecule has 0 bridgehead atoms. The number of aliphatic imine (C=N–C) groups is 1. The minimum absolute atomic E-state index is 0.202. The van der Waals surface area contributed by atoms with Crippen LogP contribution in [-0.2, 0) is 24.1 Å². The lowest BCUT2D eigenvalue weighted by Gasteiger charge is -2.14. The number of methoxy groups -OCH3 is 1. The average molecular weight is 402 g/mol. The van der Waals surface area contributed by atoms with E-state index in [4.69, 9.17) is 23.6 Å². The van der Waals surface area contributed by atoms with Crippen LogP contribution >= 0.6 is 0 Å². The zero-order chi connectivity index (χ0) is 20.5. The van der Waals surface area contributed by atoms with Crippen LogP contribution in [0, 0.1) is 0 Å². The molecule has 0 saturated carbocycles. The second kappa shape index (κ2) is 10.8. The molecule has 2 aromatic rings. The van der Waals surface area contributed by atoms with E-state index in [1.165, 1.54) is 5.56 Å². The maximum Gasteiger partial charge on any atom is 0.191 e. The molecule has 1 aliphatic heterocycles. The van der Waals surface area contributed by atoms with Gasteiger partial charge in [-0.05, 0) is 38.1 Å². The van der Waals surface area contributed by atoms with Crippen molar-refractivity contribution in [3.8, 4) is 11.5 Å². The van der Waals surface area contributed by atoms with Crippen molar-refractivity contribution < 1.29 is 18.6 Å². The lowest BCUT2D eigenvalue weighted by molar-refractivity contribution is 0.203. The first kappa shape index (κ1) is 21.0. The van der Waals surface area contributed by atoms with E-state index in [0.717, 1.165) is 48.2 Å². The molecule has 1 aromatic carbocycles. The molecule has 0 radical (unpaired) electrons.